The maximum Gasteiger partial charge on any atom is 0.0585 e. The normalized spacial score (nSPS) is 12.6. The van der Waals surface area contributed by atoms with Gasteiger partial charge in [0.25, 0.3) is 0 Å². The molecule has 1 N–H and O–H groups in total. The minimum atomic E-state index is 0.271. The zero-order chi connectivity index (χ0) is 13.0. The first-order chi connectivity index (χ1) is 8.72. The molecule has 1 heterocycles. The van der Waals surface area contributed by atoms with Gasteiger partial charge in [-0.3, -0.25) is 0 Å². The molecule has 0 saturated carbocycles. The Bertz CT molecular complexity index is 493. The van der Waals surface area contributed by atoms with E-state index < -0.39 is 0 Å². The topological polar surface area (TPSA) is 12.0 Å². The van der Waals surface area contributed by atoms with Crippen molar-refractivity contribution in [3.63, 3.8) is 0 Å². The molecule has 1 nitrogen and oxygen atoms in total. The van der Waals surface area contributed by atoms with E-state index in [-0.39, 0.29) is 6.04 Å². The molecule has 2 rings (SSSR count). The standard InChI is InChI=1S/C15H18ClNS/c1-3-7-17-15(13-6-8-18-10-13)12-4-5-14(16)11(2)9-12/h4-6,8-10,15,17H,3,7H2,1-2H3. The molecule has 1 unspecified atom stereocenters. The zero-order valence-corrected chi connectivity index (χ0v) is 12.3. The van der Waals surface area contributed by atoms with Crippen molar-refractivity contribution in [3.8, 4) is 0 Å². The maximum absolute atomic E-state index is 6.10. The molecule has 0 saturated heterocycles. The van der Waals surface area contributed by atoms with Gasteiger partial charge in [-0.15, -0.1) is 0 Å². The number of aryl methyl sites for hydroxylation is 1. The van der Waals surface area contributed by atoms with E-state index in [1.807, 2.05) is 6.07 Å². The Hall–Kier alpha value is -0.830. The predicted octanol–water partition coefficient (Wildman–Crippen LogP) is 4.80. The van der Waals surface area contributed by atoms with Gasteiger partial charge < -0.3 is 5.32 Å². The van der Waals surface area contributed by atoms with Crippen LogP contribution in [0.3, 0.4) is 0 Å². The summed E-state index contributed by atoms with van der Waals surface area (Å²) in [7, 11) is 0. The molecule has 2 aromatic rings. The highest BCUT2D eigenvalue weighted by molar-refractivity contribution is 7.08. The molecular formula is C15H18ClNS. The SMILES string of the molecule is CCCNC(c1ccsc1)c1ccc(Cl)c(C)c1. The molecule has 0 aliphatic rings. The van der Waals surface area contributed by atoms with E-state index in [9.17, 15) is 0 Å². The molecule has 0 aliphatic heterocycles. The van der Waals surface area contributed by atoms with Crippen LogP contribution in [0.4, 0.5) is 0 Å². The summed E-state index contributed by atoms with van der Waals surface area (Å²) in [6, 6.07) is 8.72. The lowest BCUT2D eigenvalue weighted by Crippen LogP contribution is -2.22. The van der Waals surface area contributed by atoms with E-state index in [1.54, 1.807) is 11.3 Å². The first kappa shape index (κ1) is 13.6. The van der Waals surface area contributed by atoms with Crippen molar-refractivity contribution in [2.45, 2.75) is 26.3 Å². The van der Waals surface area contributed by atoms with Gasteiger partial charge >= 0.3 is 0 Å². The number of nitrogens with one attached hydrogen (secondary N) is 1. The fourth-order valence-electron chi connectivity index (χ4n) is 2.00. The van der Waals surface area contributed by atoms with Gasteiger partial charge in [-0.1, -0.05) is 30.7 Å². The second-order valence-electron chi connectivity index (χ2n) is 4.45. The molecule has 3 heteroatoms. The Morgan fingerprint density at radius 3 is 2.72 bits per heavy atom. The van der Waals surface area contributed by atoms with E-state index in [1.165, 1.54) is 11.1 Å². The Labute approximate surface area is 118 Å². The highest BCUT2D eigenvalue weighted by Gasteiger charge is 2.14. The fourth-order valence-corrected chi connectivity index (χ4v) is 2.81. The predicted molar refractivity (Wildman–Crippen MR) is 80.6 cm³/mol. The molecule has 0 fully saturated rings. The molecule has 0 bridgehead atoms. The van der Waals surface area contributed by atoms with E-state index in [4.69, 9.17) is 11.6 Å². The van der Waals surface area contributed by atoms with Gasteiger partial charge in [-0.25, -0.2) is 0 Å². The zero-order valence-electron chi connectivity index (χ0n) is 10.7. The molecule has 96 valence electrons. The van der Waals surface area contributed by atoms with Crippen LogP contribution in [0.2, 0.25) is 5.02 Å². The minimum Gasteiger partial charge on any atom is -0.306 e. The summed E-state index contributed by atoms with van der Waals surface area (Å²) in [4.78, 5) is 0. The molecule has 0 aliphatic carbocycles. The first-order valence-corrected chi connectivity index (χ1v) is 7.56. The van der Waals surface area contributed by atoms with Crippen LogP contribution in [-0.2, 0) is 0 Å². The summed E-state index contributed by atoms with van der Waals surface area (Å²) in [5.41, 5.74) is 3.74. The smallest absolute Gasteiger partial charge is 0.0585 e. The van der Waals surface area contributed by atoms with E-state index in [0.717, 1.165) is 23.6 Å². The summed E-state index contributed by atoms with van der Waals surface area (Å²) in [5.74, 6) is 0. The largest absolute Gasteiger partial charge is 0.306 e. The molecule has 1 aromatic heterocycles. The Morgan fingerprint density at radius 2 is 2.11 bits per heavy atom. The van der Waals surface area contributed by atoms with Crippen molar-refractivity contribution >= 4 is 22.9 Å². The Morgan fingerprint density at radius 1 is 1.28 bits per heavy atom. The molecule has 18 heavy (non-hydrogen) atoms. The lowest BCUT2D eigenvalue weighted by Gasteiger charge is -2.19. The van der Waals surface area contributed by atoms with Crippen molar-refractivity contribution < 1.29 is 0 Å². The minimum absolute atomic E-state index is 0.271. The lowest BCUT2D eigenvalue weighted by molar-refractivity contribution is 0.600. The second kappa shape index (κ2) is 6.37. The van der Waals surface area contributed by atoms with Gasteiger partial charge in [0, 0.05) is 5.02 Å². The van der Waals surface area contributed by atoms with Gasteiger partial charge in [0.1, 0.15) is 0 Å². The van der Waals surface area contributed by atoms with Gasteiger partial charge in [0.2, 0.25) is 0 Å². The van der Waals surface area contributed by atoms with E-state index in [2.05, 4.69) is 48.1 Å². The van der Waals surface area contributed by atoms with Crippen molar-refractivity contribution in [2.75, 3.05) is 6.54 Å². The van der Waals surface area contributed by atoms with Gasteiger partial charge in [0.05, 0.1) is 6.04 Å². The van der Waals surface area contributed by atoms with Crippen LogP contribution in [0, 0.1) is 6.92 Å². The van der Waals surface area contributed by atoms with E-state index in [0.29, 0.717) is 0 Å². The second-order valence-corrected chi connectivity index (χ2v) is 5.64. The Balaban J connectivity index is 2.30. The molecule has 0 amide bonds. The summed E-state index contributed by atoms with van der Waals surface area (Å²) in [5, 5.41) is 8.76. The third-order valence-electron chi connectivity index (χ3n) is 2.99. The van der Waals surface area contributed by atoms with Gasteiger partial charge in [-0.05, 0) is 59.5 Å². The van der Waals surface area contributed by atoms with Crippen LogP contribution in [-0.4, -0.2) is 6.54 Å². The van der Waals surface area contributed by atoms with Crippen LogP contribution < -0.4 is 5.32 Å². The van der Waals surface area contributed by atoms with Crippen molar-refractivity contribution in [1.29, 1.82) is 0 Å². The maximum atomic E-state index is 6.10. The highest BCUT2D eigenvalue weighted by Crippen LogP contribution is 2.27. The van der Waals surface area contributed by atoms with Crippen molar-refractivity contribution in [1.82, 2.24) is 5.32 Å². The summed E-state index contributed by atoms with van der Waals surface area (Å²) < 4.78 is 0. The number of rotatable bonds is 5. The van der Waals surface area contributed by atoms with Crippen LogP contribution in [0.15, 0.2) is 35.0 Å². The molecule has 1 aromatic carbocycles. The molecule has 0 spiro atoms. The number of hydrogen-bond donors (Lipinski definition) is 1. The average Bonchev–Trinajstić information content (AvgIpc) is 2.88. The molecule has 1 atom stereocenters. The van der Waals surface area contributed by atoms with Crippen LogP contribution in [0.25, 0.3) is 0 Å². The summed E-state index contributed by atoms with van der Waals surface area (Å²) >= 11 is 7.83. The molecular weight excluding hydrogens is 262 g/mol. The third kappa shape index (κ3) is 3.14. The quantitative estimate of drug-likeness (QED) is 0.829. The van der Waals surface area contributed by atoms with Gasteiger partial charge in [-0.2, -0.15) is 11.3 Å². The van der Waals surface area contributed by atoms with Crippen molar-refractivity contribution in [3.05, 3.63) is 56.7 Å². The number of hydrogen-bond acceptors (Lipinski definition) is 2. The molecule has 0 radical (unpaired) electrons. The van der Waals surface area contributed by atoms with Crippen molar-refractivity contribution in [2.24, 2.45) is 0 Å². The van der Waals surface area contributed by atoms with Crippen LogP contribution in [0.5, 0.6) is 0 Å². The van der Waals surface area contributed by atoms with E-state index >= 15 is 0 Å². The average molecular weight is 280 g/mol. The van der Waals surface area contributed by atoms with Crippen LogP contribution >= 0.6 is 22.9 Å². The summed E-state index contributed by atoms with van der Waals surface area (Å²) in [6.45, 7) is 5.25. The number of benzene rings is 1. The third-order valence-corrected chi connectivity index (χ3v) is 4.12. The Kier molecular flexibility index (Phi) is 4.81. The summed E-state index contributed by atoms with van der Waals surface area (Å²) in [6.07, 6.45) is 1.13. The number of thiophene rings is 1. The van der Waals surface area contributed by atoms with Gasteiger partial charge in [0.15, 0.2) is 0 Å². The van der Waals surface area contributed by atoms with Crippen LogP contribution in [0.1, 0.15) is 36.1 Å². The fraction of sp³-hybridized carbons (Fsp3) is 0.333. The lowest BCUT2D eigenvalue weighted by atomic mass is 9.99. The first-order valence-electron chi connectivity index (χ1n) is 6.24. The number of halogens is 1. The monoisotopic (exact) mass is 279 g/mol. The highest BCUT2D eigenvalue weighted by atomic mass is 35.5.